The summed E-state index contributed by atoms with van der Waals surface area (Å²) in [6.45, 7) is 0. The number of aromatic nitrogens is 4. The van der Waals surface area contributed by atoms with Crippen molar-refractivity contribution in [3.63, 3.8) is 0 Å². The third-order valence-electron chi connectivity index (χ3n) is 2.43. The predicted molar refractivity (Wildman–Crippen MR) is 66.6 cm³/mol. The maximum atomic E-state index is 13.1. The molecule has 0 aliphatic rings. The second kappa shape index (κ2) is 4.19. The summed E-state index contributed by atoms with van der Waals surface area (Å²) < 4.78 is 14.6. The monoisotopic (exact) mass is 282 g/mol. The van der Waals surface area contributed by atoms with Crippen molar-refractivity contribution in [2.75, 3.05) is 0 Å². The van der Waals surface area contributed by atoms with Gasteiger partial charge in [0.1, 0.15) is 5.82 Å². The van der Waals surface area contributed by atoms with Gasteiger partial charge in [-0.3, -0.25) is 0 Å². The first-order valence-electron chi connectivity index (χ1n) is 4.97. The molecule has 0 saturated carbocycles. The van der Waals surface area contributed by atoms with Crippen molar-refractivity contribution < 1.29 is 4.39 Å². The van der Waals surface area contributed by atoms with Crippen LogP contribution in [-0.4, -0.2) is 19.7 Å². The SMILES string of the molecule is Fc1ccc(-n2ncc3cnc(Cl)nc32)cc1Cl. The van der Waals surface area contributed by atoms with E-state index in [0.717, 1.165) is 5.39 Å². The molecule has 0 aliphatic heterocycles. The van der Waals surface area contributed by atoms with Gasteiger partial charge in [-0.2, -0.15) is 10.1 Å². The number of hydrogen-bond acceptors (Lipinski definition) is 3. The van der Waals surface area contributed by atoms with Crippen LogP contribution in [0.1, 0.15) is 0 Å². The summed E-state index contributed by atoms with van der Waals surface area (Å²) in [6.07, 6.45) is 3.17. The van der Waals surface area contributed by atoms with Gasteiger partial charge in [0.25, 0.3) is 0 Å². The third kappa shape index (κ3) is 1.81. The number of fused-ring (bicyclic) bond motifs is 1. The average Bonchev–Trinajstić information content (AvgIpc) is 2.75. The maximum absolute atomic E-state index is 13.1. The normalized spacial score (nSPS) is 11.1. The van der Waals surface area contributed by atoms with Gasteiger partial charge in [0, 0.05) is 6.20 Å². The van der Waals surface area contributed by atoms with Gasteiger partial charge in [0.05, 0.1) is 22.3 Å². The zero-order valence-corrected chi connectivity index (χ0v) is 10.3. The fourth-order valence-corrected chi connectivity index (χ4v) is 1.91. The molecule has 0 aliphatic carbocycles. The first-order valence-corrected chi connectivity index (χ1v) is 5.72. The molecule has 3 rings (SSSR count). The molecule has 0 unspecified atom stereocenters. The lowest BCUT2D eigenvalue weighted by Gasteiger charge is -2.03. The Kier molecular flexibility index (Phi) is 2.65. The highest BCUT2D eigenvalue weighted by Gasteiger charge is 2.09. The van der Waals surface area contributed by atoms with Crippen LogP contribution in [0.2, 0.25) is 10.3 Å². The summed E-state index contributed by atoms with van der Waals surface area (Å²) in [6, 6.07) is 4.30. The number of rotatable bonds is 1. The van der Waals surface area contributed by atoms with Gasteiger partial charge in [-0.05, 0) is 29.8 Å². The second-order valence-corrected chi connectivity index (χ2v) is 4.32. The molecule has 0 saturated heterocycles. The van der Waals surface area contributed by atoms with Crippen LogP contribution in [-0.2, 0) is 0 Å². The van der Waals surface area contributed by atoms with Gasteiger partial charge in [-0.25, -0.2) is 14.1 Å². The largest absolute Gasteiger partial charge is 0.226 e. The Hall–Kier alpha value is -1.72. The zero-order valence-electron chi connectivity index (χ0n) is 8.81. The Bertz CT molecular complexity index is 741. The van der Waals surface area contributed by atoms with E-state index >= 15 is 0 Å². The highest BCUT2D eigenvalue weighted by molar-refractivity contribution is 6.31. The van der Waals surface area contributed by atoms with E-state index in [1.54, 1.807) is 18.5 Å². The molecule has 90 valence electrons. The van der Waals surface area contributed by atoms with Crippen LogP contribution >= 0.6 is 23.2 Å². The van der Waals surface area contributed by atoms with Crippen molar-refractivity contribution in [3.8, 4) is 5.69 Å². The van der Waals surface area contributed by atoms with E-state index in [9.17, 15) is 4.39 Å². The smallest absolute Gasteiger partial charge is 0.224 e. The fourth-order valence-electron chi connectivity index (χ4n) is 1.60. The van der Waals surface area contributed by atoms with Crippen molar-refractivity contribution in [2.45, 2.75) is 0 Å². The summed E-state index contributed by atoms with van der Waals surface area (Å²) in [5.74, 6) is -0.482. The van der Waals surface area contributed by atoms with Gasteiger partial charge in [-0.1, -0.05) is 11.6 Å². The van der Waals surface area contributed by atoms with Crippen LogP contribution in [0.15, 0.2) is 30.6 Å². The van der Waals surface area contributed by atoms with Gasteiger partial charge in [-0.15, -0.1) is 0 Å². The number of halogens is 3. The van der Waals surface area contributed by atoms with Crippen LogP contribution in [0.3, 0.4) is 0 Å². The Labute approximate surface area is 111 Å². The quantitative estimate of drug-likeness (QED) is 0.644. The molecule has 0 atom stereocenters. The highest BCUT2D eigenvalue weighted by atomic mass is 35.5. The summed E-state index contributed by atoms with van der Waals surface area (Å²) in [4.78, 5) is 7.94. The molecule has 4 nitrogen and oxygen atoms in total. The Morgan fingerprint density at radius 1 is 1.17 bits per heavy atom. The molecule has 1 aromatic carbocycles. The lowest BCUT2D eigenvalue weighted by atomic mass is 10.3. The zero-order chi connectivity index (χ0) is 12.7. The summed E-state index contributed by atoms with van der Waals surface area (Å²) in [7, 11) is 0. The van der Waals surface area contributed by atoms with E-state index < -0.39 is 5.82 Å². The molecule has 0 N–H and O–H groups in total. The lowest BCUT2D eigenvalue weighted by Crippen LogP contribution is -1.98. The van der Waals surface area contributed by atoms with Crippen LogP contribution in [0.4, 0.5) is 4.39 Å². The minimum Gasteiger partial charge on any atom is -0.226 e. The summed E-state index contributed by atoms with van der Waals surface area (Å²) in [5.41, 5.74) is 1.14. The molecule has 0 radical (unpaired) electrons. The molecule has 2 heterocycles. The minimum atomic E-state index is -0.482. The van der Waals surface area contributed by atoms with Crippen molar-refractivity contribution in [1.82, 2.24) is 19.7 Å². The van der Waals surface area contributed by atoms with Crippen LogP contribution in [0.5, 0.6) is 0 Å². The van der Waals surface area contributed by atoms with Crippen molar-refractivity contribution >= 4 is 34.2 Å². The van der Waals surface area contributed by atoms with Crippen LogP contribution in [0.25, 0.3) is 16.7 Å². The second-order valence-electron chi connectivity index (χ2n) is 3.57. The highest BCUT2D eigenvalue weighted by Crippen LogP contribution is 2.21. The van der Waals surface area contributed by atoms with Gasteiger partial charge >= 0.3 is 0 Å². The van der Waals surface area contributed by atoms with Gasteiger partial charge in [0.15, 0.2) is 5.65 Å². The molecule has 3 aromatic rings. The van der Waals surface area contributed by atoms with E-state index in [-0.39, 0.29) is 10.3 Å². The summed E-state index contributed by atoms with van der Waals surface area (Å²) >= 11 is 11.5. The molecule has 2 aromatic heterocycles. The molecule has 0 spiro atoms. The molecule has 0 bridgehead atoms. The molecule has 0 amide bonds. The first-order chi connectivity index (χ1) is 8.65. The molecule has 0 fully saturated rings. The van der Waals surface area contributed by atoms with E-state index in [1.807, 2.05) is 0 Å². The average molecular weight is 283 g/mol. The fraction of sp³-hybridized carbons (Fsp3) is 0. The van der Waals surface area contributed by atoms with Crippen molar-refractivity contribution in [1.29, 1.82) is 0 Å². The Balaban J connectivity index is 2.24. The minimum absolute atomic E-state index is 0.0244. The van der Waals surface area contributed by atoms with E-state index in [1.165, 1.54) is 16.8 Å². The molecular formula is C11H5Cl2FN4. The topological polar surface area (TPSA) is 43.6 Å². The molecule has 18 heavy (non-hydrogen) atoms. The summed E-state index contributed by atoms with van der Waals surface area (Å²) in [5, 5.41) is 5.03. The Morgan fingerprint density at radius 3 is 2.78 bits per heavy atom. The van der Waals surface area contributed by atoms with Crippen molar-refractivity contribution in [2.24, 2.45) is 0 Å². The van der Waals surface area contributed by atoms with Crippen LogP contribution in [0, 0.1) is 5.82 Å². The van der Waals surface area contributed by atoms with E-state index in [2.05, 4.69) is 15.1 Å². The van der Waals surface area contributed by atoms with Gasteiger partial charge < -0.3 is 0 Å². The van der Waals surface area contributed by atoms with Crippen molar-refractivity contribution in [3.05, 3.63) is 46.7 Å². The number of hydrogen-bond donors (Lipinski definition) is 0. The first kappa shape index (κ1) is 11.4. The maximum Gasteiger partial charge on any atom is 0.224 e. The lowest BCUT2D eigenvalue weighted by molar-refractivity contribution is 0.627. The van der Waals surface area contributed by atoms with E-state index in [0.29, 0.717) is 11.3 Å². The van der Waals surface area contributed by atoms with Gasteiger partial charge in [0.2, 0.25) is 5.28 Å². The molecular weight excluding hydrogens is 278 g/mol. The standard InChI is InChI=1S/C11H5Cl2FN4/c12-8-3-7(1-2-9(8)14)18-10-6(5-16-18)4-15-11(13)17-10/h1-5H. The third-order valence-corrected chi connectivity index (χ3v) is 2.90. The van der Waals surface area contributed by atoms with E-state index in [4.69, 9.17) is 23.2 Å². The Morgan fingerprint density at radius 2 is 2.00 bits per heavy atom. The number of benzene rings is 1. The van der Waals surface area contributed by atoms with Crippen LogP contribution < -0.4 is 0 Å². The molecule has 7 heteroatoms. The number of nitrogens with zero attached hydrogens (tertiary/aromatic N) is 4. The predicted octanol–water partition coefficient (Wildman–Crippen LogP) is 3.26.